The van der Waals surface area contributed by atoms with Crippen LogP contribution in [0.2, 0.25) is 0 Å². The van der Waals surface area contributed by atoms with E-state index in [1.54, 1.807) is 0 Å². The van der Waals surface area contributed by atoms with Crippen LogP contribution in [0.25, 0.3) is 0 Å². The fraction of sp³-hybridized carbons (Fsp3) is 0.500. The molecule has 0 saturated heterocycles. The number of carbonyl (C=O) groups is 3. The summed E-state index contributed by atoms with van der Waals surface area (Å²) in [7, 11) is 0. The lowest BCUT2D eigenvalue weighted by Crippen LogP contribution is -2.46. The van der Waals surface area contributed by atoms with Crippen molar-refractivity contribution in [3.63, 3.8) is 0 Å². The maximum atomic E-state index is 10.7. The van der Waals surface area contributed by atoms with Gasteiger partial charge in [0.25, 0.3) is 0 Å². The average molecular weight is 191 g/mol. The van der Waals surface area contributed by atoms with Crippen LogP contribution >= 0.6 is 0 Å². The zero-order chi connectivity index (χ0) is 10.6. The van der Waals surface area contributed by atoms with Crippen molar-refractivity contribution in [1.29, 1.82) is 0 Å². The molecule has 7 heteroatoms. The first kappa shape index (κ1) is 11.4. The van der Waals surface area contributed by atoms with Crippen molar-refractivity contribution in [1.82, 2.24) is 4.90 Å². The van der Waals surface area contributed by atoms with Gasteiger partial charge in [-0.2, -0.15) is 0 Å². The molecule has 0 spiro atoms. The van der Waals surface area contributed by atoms with Crippen molar-refractivity contribution in [2.45, 2.75) is 13.2 Å². The van der Waals surface area contributed by atoms with Gasteiger partial charge in [-0.25, -0.2) is 4.79 Å². The molecule has 0 aromatic rings. The van der Waals surface area contributed by atoms with Crippen LogP contribution in [-0.4, -0.2) is 50.8 Å². The zero-order valence-electron chi connectivity index (χ0n) is 6.80. The smallest absolute Gasteiger partial charge is 0.354 e. The van der Waals surface area contributed by atoms with E-state index >= 15 is 0 Å². The molecule has 74 valence electrons. The van der Waals surface area contributed by atoms with E-state index in [4.69, 9.17) is 15.3 Å². The summed E-state index contributed by atoms with van der Waals surface area (Å²) in [5.41, 5.74) is 0. The summed E-state index contributed by atoms with van der Waals surface area (Å²) in [6, 6.07) is 0. The molecule has 0 aliphatic heterocycles. The molecule has 0 aromatic heterocycles. The van der Waals surface area contributed by atoms with Gasteiger partial charge in [0.2, 0.25) is 12.1 Å². The highest BCUT2D eigenvalue weighted by atomic mass is 16.4. The molecule has 0 rings (SSSR count). The molecule has 1 atom stereocenters. The molecule has 0 aliphatic rings. The van der Waals surface area contributed by atoms with E-state index < -0.39 is 30.6 Å². The first-order valence-corrected chi connectivity index (χ1v) is 3.26. The first-order chi connectivity index (χ1) is 5.86. The van der Waals surface area contributed by atoms with Gasteiger partial charge in [-0.15, -0.1) is 0 Å². The molecular weight excluding hydrogens is 182 g/mol. The molecule has 0 saturated carbocycles. The van der Waals surface area contributed by atoms with Crippen LogP contribution < -0.4 is 0 Å². The minimum atomic E-state index is -2.12. The van der Waals surface area contributed by atoms with Crippen LogP contribution in [0.1, 0.15) is 6.92 Å². The molecular formula is C6H9NO6. The van der Waals surface area contributed by atoms with Gasteiger partial charge in [0, 0.05) is 6.92 Å². The third-order valence-corrected chi connectivity index (χ3v) is 1.23. The highest BCUT2D eigenvalue weighted by molar-refractivity contribution is 5.84. The van der Waals surface area contributed by atoms with Crippen LogP contribution in [0, 0.1) is 0 Å². The van der Waals surface area contributed by atoms with Crippen molar-refractivity contribution in [2.24, 2.45) is 0 Å². The number of hydrogen-bond donors (Lipinski definition) is 3. The topological polar surface area (TPSA) is 115 Å². The van der Waals surface area contributed by atoms with E-state index in [0.29, 0.717) is 4.90 Å². The number of aliphatic hydroxyl groups excluding tert-OH is 1. The second-order valence-corrected chi connectivity index (χ2v) is 2.25. The standard InChI is InChI=1S/C6H9NO6/c1-3(8)7(2-4(9)10)5(11)6(12)13/h5,11H,2H2,1H3,(H,9,10)(H,12,13). The lowest BCUT2D eigenvalue weighted by atomic mass is 10.4. The minimum Gasteiger partial charge on any atom is -0.480 e. The highest BCUT2D eigenvalue weighted by Gasteiger charge is 2.26. The Morgan fingerprint density at radius 2 is 1.77 bits per heavy atom. The summed E-state index contributed by atoms with van der Waals surface area (Å²) in [5.74, 6) is -3.88. The minimum absolute atomic E-state index is 0.324. The Balaban J connectivity index is 4.51. The van der Waals surface area contributed by atoms with Gasteiger partial charge in [0.15, 0.2) is 0 Å². The lowest BCUT2D eigenvalue weighted by molar-refractivity contribution is -0.167. The van der Waals surface area contributed by atoms with E-state index in [1.165, 1.54) is 0 Å². The summed E-state index contributed by atoms with van der Waals surface area (Å²) >= 11 is 0. The maximum Gasteiger partial charge on any atom is 0.354 e. The van der Waals surface area contributed by atoms with E-state index in [9.17, 15) is 14.4 Å². The van der Waals surface area contributed by atoms with E-state index in [2.05, 4.69) is 0 Å². The zero-order valence-corrected chi connectivity index (χ0v) is 6.80. The first-order valence-electron chi connectivity index (χ1n) is 3.26. The maximum absolute atomic E-state index is 10.7. The van der Waals surface area contributed by atoms with E-state index in [-0.39, 0.29) is 0 Å². The quantitative estimate of drug-likeness (QED) is 0.457. The Kier molecular flexibility index (Phi) is 3.86. The summed E-state index contributed by atoms with van der Waals surface area (Å²) in [5, 5.41) is 25.4. The number of amides is 1. The Hall–Kier alpha value is -1.63. The third-order valence-electron chi connectivity index (χ3n) is 1.23. The van der Waals surface area contributed by atoms with E-state index in [1.807, 2.05) is 0 Å². The van der Waals surface area contributed by atoms with Crippen molar-refractivity contribution in [3.05, 3.63) is 0 Å². The SMILES string of the molecule is CC(=O)N(CC(=O)O)C(O)C(=O)O. The van der Waals surface area contributed by atoms with Gasteiger partial charge in [-0.3, -0.25) is 14.5 Å². The number of hydrogen-bond acceptors (Lipinski definition) is 4. The monoisotopic (exact) mass is 191 g/mol. The summed E-state index contributed by atoms with van der Waals surface area (Å²) in [6.45, 7) is 0.123. The Morgan fingerprint density at radius 1 is 1.31 bits per heavy atom. The van der Waals surface area contributed by atoms with Crippen LogP contribution in [0.15, 0.2) is 0 Å². The molecule has 7 nitrogen and oxygen atoms in total. The predicted octanol–water partition coefficient (Wildman–Crippen LogP) is -1.68. The van der Waals surface area contributed by atoms with E-state index in [0.717, 1.165) is 6.92 Å². The molecule has 0 heterocycles. The number of carboxylic acid groups (broad SMARTS) is 2. The molecule has 1 amide bonds. The molecule has 0 bridgehead atoms. The molecule has 0 radical (unpaired) electrons. The molecule has 0 fully saturated rings. The Labute approximate surface area is 73.2 Å². The number of aliphatic carboxylic acids is 2. The number of carbonyl (C=O) groups excluding carboxylic acids is 1. The number of nitrogens with zero attached hydrogens (tertiary/aromatic N) is 1. The van der Waals surface area contributed by atoms with Gasteiger partial charge in [-0.05, 0) is 0 Å². The van der Waals surface area contributed by atoms with Gasteiger partial charge in [-0.1, -0.05) is 0 Å². The molecule has 13 heavy (non-hydrogen) atoms. The van der Waals surface area contributed by atoms with Crippen LogP contribution in [-0.2, 0) is 14.4 Å². The number of carboxylic acids is 2. The Morgan fingerprint density at radius 3 is 2.00 bits per heavy atom. The van der Waals surface area contributed by atoms with Gasteiger partial charge in [0.1, 0.15) is 6.54 Å². The molecule has 0 aliphatic carbocycles. The van der Waals surface area contributed by atoms with Crippen LogP contribution in [0.4, 0.5) is 0 Å². The van der Waals surface area contributed by atoms with Crippen LogP contribution in [0.3, 0.4) is 0 Å². The van der Waals surface area contributed by atoms with Crippen molar-refractivity contribution < 1.29 is 29.7 Å². The highest BCUT2D eigenvalue weighted by Crippen LogP contribution is 1.97. The number of aliphatic hydroxyl groups is 1. The molecule has 1 unspecified atom stereocenters. The summed E-state index contributed by atoms with van der Waals surface area (Å²) in [4.78, 5) is 31.3. The number of rotatable bonds is 4. The molecule has 0 aromatic carbocycles. The largest absolute Gasteiger partial charge is 0.480 e. The summed E-state index contributed by atoms with van der Waals surface area (Å²) in [6.07, 6.45) is -2.12. The Bertz CT molecular complexity index is 237. The van der Waals surface area contributed by atoms with Crippen LogP contribution in [0.5, 0.6) is 0 Å². The van der Waals surface area contributed by atoms with Gasteiger partial charge >= 0.3 is 11.9 Å². The fourth-order valence-electron chi connectivity index (χ4n) is 0.649. The van der Waals surface area contributed by atoms with Crippen molar-refractivity contribution in [2.75, 3.05) is 6.54 Å². The second-order valence-electron chi connectivity index (χ2n) is 2.25. The van der Waals surface area contributed by atoms with Gasteiger partial charge in [0.05, 0.1) is 0 Å². The normalized spacial score (nSPS) is 11.8. The van der Waals surface area contributed by atoms with Gasteiger partial charge < -0.3 is 15.3 Å². The lowest BCUT2D eigenvalue weighted by Gasteiger charge is -2.21. The van der Waals surface area contributed by atoms with Crippen molar-refractivity contribution in [3.8, 4) is 0 Å². The van der Waals surface area contributed by atoms with Crippen molar-refractivity contribution >= 4 is 17.8 Å². The summed E-state index contributed by atoms with van der Waals surface area (Å²) < 4.78 is 0. The second kappa shape index (κ2) is 4.41. The molecule has 3 N–H and O–H groups in total. The third kappa shape index (κ3) is 3.52. The predicted molar refractivity (Wildman–Crippen MR) is 38.7 cm³/mol. The fourth-order valence-corrected chi connectivity index (χ4v) is 0.649. The average Bonchev–Trinajstić information content (AvgIpc) is 1.97.